The van der Waals surface area contributed by atoms with Crippen LogP contribution in [0.4, 0.5) is 17.1 Å². The van der Waals surface area contributed by atoms with Crippen LogP contribution in [0.1, 0.15) is 0 Å². The predicted molar refractivity (Wildman–Crippen MR) is 229 cm³/mol. The monoisotopic (exact) mass is 703 g/mol. The molecule has 0 saturated heterocycles. The molecule has 11 rings (SSSR count). The zero-order valence-electron chi connectivity index (χ0n) is 29.8. The van der Waals surface area contributed by atoms with Crippen molar-refractivity contribution >= 4 is 71.7 Å². The summed E-state index contributed by atoms with van der Waals surface area (Å²) in [5, 5.41) is 6.62. The van der Waals surface area contributed by atoms with Crippen LogP contribution in [0.5, 0.6) is 0 Å². The number of nitrogens with zero attached hydrogens (tertiary/aromatic N) is 1. The first kappa shape index (κ1) is 31.2. The zero-order valence-corrected chi connectivity index (χ0v) is 29.8. The highest BCUT2D eigenvalue weighted by molar-refractivity contribution is 6.22. The van der Waals surface area contributed by atoms with Gasteiger partial charge >= 0.3 is 0 Å². The van der Waals surface area contributed by atoms with Gasteiger partial charge in [-0.05, 0) is 58.7 Å². The Morgan fingerprint density at radius 2 is 0.836 bits per heavy atom. The van der Waals surface area contributed by atoms with E-state index in [1.807, 2.05) is 12.1 Å². The minimum atomic E-state index is 0.874. The van der Waals surface area contributed by atoms with E-state index in [0.717, 1.165) is 105 Å². The van der Waals surface area contributed by atoms with Crippen LogP contribution in [0.25, 0.3) is 88.0 Å². The maximum absolute atomic E-state index is 6.76. The second-order valence-corrected chi connectivity index (χ2v) is 14.0. The van der Waals surface area contributed by atoms with Crippen molar-refractivity contribution in [2.24, 2.45) is 0 Å². The average molecular weight is 704 g/mol. The highest BCUT2D eigenvalue weighted by atomic mass is 16.3. The summed E-state index contributed by atoms with van der Waals surface area (Å²) in [5.41, 5.74) is 13.5. The van der Waals surface area contributed by atoms with Crippen molar-refractivity contribution in [2.75, 3.05) is 4.90 Å². The average Bonchev–Trinajstić information content (AvgIpc) is 3.84. The van der Waals surface area contributed by atoms with E-state index in [1.165, 1.54) is 0 Å². The molecular formula is C52H33NO2. The number of para-hydroxylation sites is 3. The number of fused-ring (bicyclic) bond motifs is 8. The lowest BCUT2D eigenvalue weighted by molar-refractivity contribution is 0.670. The molecule has 258 valence electrons. The van der Waals surface area contributed by atoms with Gasteiger partial charge in [0.05, 0.1) is 11.4 Å². The Bertz CT molecular complexity index is 3190. The van der Waals surface area contributed by atoms with Gasteiger partial charge < -0.3 is 13.7 Å². The lowest BCUT2D eigenvalue weighted by atomic mass is 9.96. The molecule has 0 saturated carbocycles. The Balaban J connectivity index is 1.17. The second kappa shape index (κ2) is 12.6. The highest BCUT2D eigenvalue weighted by Crippen LogP contribution is 2.48. The molecule has 9 aromatic carbocycles. The van der Waals surface area contributed by atoms with Crippen LogP contribution >= 0.6 is 0 Å². The fourth-order valence-corrected chi connectivity index (χ4v) is 8.38. The topological polar surface area (TPSA) is 29.5 Å². The number of anilines is 3. The van der Waals surface area contributed by atoms with Crippen LogP contribution < -0.4 is 4.90 Å². The van der Waals surface area contributed by atoms with Crippen molar-refractivity contribution in [1.29, 1.82) is 0 Å². The number of hydrogen-bond acceptors (Lipinski definition) is 3. The quantitative estimate of drug-likeness (QED) is 0.173. The third-order valence-electron chi connectivity index (χ3n) is 10.9. The van der Waals surface area contributed by atoms with Crippen LogP contribution in [0.2, 0.25) is 0 Å². The standard InChI is InChI=1S/C52H33NO2/c1-3-15-34(16-4-1)38-19-9-11-26-46(38)53(37-31-29-36(30-32-37)40-24-13-25-44-42-21-10-12-27-48(42)54-51(40)44)47-33-45-50-39(35-17-5-2-6-18-35)23-14-28-49(50)55-52(45)43-22-8-7-20-41(43)47/h1-33H. The van der Waals surface area contributed by atoms with Gasteiger partial charge in [0, 0.05) is 49.1 Å². The molecule has 0 bridgehead atoms. The van der Waals surface area contributed by atoms with E-state index in [2.05, 4.69) is 193 Å². The lowest BCUT2D eigenvalue weighted by Gasteiger charge is -2.29. The van der Waals surface area contributed by atoms with Crippen molar-refractivity contribution in [2.45, 2.75) is 0 Å². The van der Waals surface area contributed by atoms with Gasteiger partial charge in [-0.1, -0.05) is 164 Å². The van der Waals surface area contributed by atoms with Crippen molar-refractivity contribution < 1.29 is 8.83 Å². The third kappa shape index (κ3) is 5.05. The first-order chi connectivity index (χ1) is 27.3. The number of furan rings is 2. The Morgan fingerprint density at radius 1 is 0.309 bits per heavy atom. The fourth-order valence-electron chi connectivity index (χ4n) is 8.38. The van der Waals surface area contributed by atoms with Gasteiger partial charge in [-0.2, -0.15) is 0 Å². The molecular weight excluding hydrogens is 671 g/mol. The molecule has 0 aliphatic rings. The first-order valence-corrected chi connectivity index (χ1v) is 18.7. The summed E-state index contributed by atoms with van der Waals surface area (Å²) in [6.07, 6.45) is 0. The molecule has 3 nitrogen and oxygen atoms in total. The van der Waals surface area contributed by atoms with Crippen LogP contribution in [-0.4, -0.2) is 0 Å². The van der Waals surface area contributed by atoms with Crippen LogP contribution in [-0.2, 0) is 0 Å². The molecule has 0 amide bonds. The van der Waals surface area contributed by atoms with Gasteiger partial charge in [0.1, 0.15) is 22.3 Å². The summed E-state index contributed by atoms with van der Waals surface area (Å²) in [5.74, 6) is 0. The normalized spacial score (nSPS) is 11.6. The molecule has 0 unspecified atom stereocenters. The Kier molecular flexibility index (Phi) is 7.17. The highest BCUT2D eigenvalue weighted by Gasteiger charge is 2.24. The smallest absolute Gasteiger partial charge is 0.143 e. The van der Waals surface area contributed by atoms with E-state index in [-0.39, 0.29) is 0 Å². The molecule has 0 aliphatic carbocycles. The van der Waals surface area contributed by atoms with E-state index in [9.17, 15) is 0 Å². The SMILES string of the molecule is c1ccc(-c2ccccc2N(c2ccc(-c3cccc4c3oc3ccccc34)cc2)c2cc3c(oc4cccc(-c5ccccc5)c43)c3ccccc23)cc1. The van der Waals surface area contributed by atoms with Crippen molar-refractivity contribution in [3.63, 3.8) is 0 Å². The van der Waals surface area contributed by atoms with Crippen LogP contribution in [0.15, 0.2) is 209 Å². The number of benzene rings is 9. The molecule has 0 N–H and O–H groups in total. The van der Waals surface area contributed by atoms with E-state index in [4.69, 9.17) is 8.83 Å². The van der Waals surface area contributed by atoms with Crippen molar-refractivity contribution in [3.05, 3.63) is 200 Å². The molecule has 2 heterocycles. The Morgan fingerprint density at radius 3 is 1.64 bits per heavy atom. The van der Waals surface area contributed by atoms with Gasteiger partial charge in [0.15, 0.2) is 0 Å². The molecule has 0 aliphatic heterocycles. The summed E-state index contributed by atoms with van der Waals surface area (Å²) in [6.45, 7) is 0. The number of rotatable bonds is 6. The molecule has 0 atom stereocenters. The van der Waals surface area contributed by atoms with E-state index in [1.54, 1.807) is 0 Å². The summed E-state index contributed by atoms with van der Waals surface area (Å²) in [4.78, 5) is 2.42. The van der Waals surface area contributed by atoms with E-state index in [0.29, 0.717) is 0 Å². The summed E-state index contributed by atoms with van der Waals surface area (Å²) >= 11 is 0. The maximum atomic E-state index is 6.76. The number of hydrogen-bond donors (Lipinski definition) is 0. The summed E-state index contributed by atoms with van der Waals surface area (Å²) < 4.78 is 13.2. The van der Waals surface area contributed by atoms with E-state index >= 15 is 0 Å². The van der Waals surface area contributed by atoms with Gasteiger partial charge in [-0.15, -0.1) is 0 Å². The third-order valence-corrected chi connectivity index (χ3v) is 10.9. The molecule has 0 spiro atoms. The van der Waals surface area contributed by atoms with Gasteiger partial charge in [-0.25, -0.2) is 0 Å². The maximum Gasteiger partial charge on any atom is 0.143 e. The predicted octanol–water partition coefficient (Wildman–Crippen LogP) is 15.1. The Hall–Kier alpha value is -7.36. The first-order valence-electron chi connectivity index (χ1n) is 18.7. The minimum absolute atomic E-state index is 0.874. The van der Waals surface area contributed by atoms with Crippen LogP contribution in [0.3, 0.4) is 0 Å². The lowest BCUT2D eigenvalue weighted by Crippen LogP contribution is -2.12. The fraction of sp³-hybridized carbons (Fsp3) is 0. The molecule has 0 radical (unpaired) electrons. The zero-order chi connectivity index (χ0) is 36.3. The van der Waals surface area contributed by atoms with Crippen molar-refractivity contribution in [3.8, 4) is 33.4 Å². The van der Waals surface area contributed by atoms with E-state index < -0.39 is 0 Å². The largest absolute Gasteiger partial charge is 0.455 e. The van der Waals surface area contributed by atoms with Gasteiger partial charge in [-0.3, -0.25) is 0 Å². The summed E-state index contributed by atoms with van der Waals surface area (Å²) in [6, 6.07) is 70.9. The molecule has 2 aromatic heterocycles. The molecule has 0 fully saturated rings. The summed E-state index contributed by atoms with van der Waals surface area (Å²) in [7, 11) is 0. The molecule has 55 heavy (non-hydrogen) atoms. The second-order valence-electron chi connectivity index (χ2n) is 14.0. The molecule has 3 heteroatoms. The van der Waals surface area contributed by atoms with Crippen molar-refractivity contribution in [1.82, 2.24) is 0 Å². The minimum Gasteiger partial charge on any atom is -0.455 e. The van der Waals surface area contributed by atoms with Gasteiger partial charge in [0.25, 0.3) is 0 Å². The van der Waals surface area contributed by atoms with Crippen LogP contribution in [0, 0.1) is 0 Å². The van der Waals surface area contributed by atoms with Gasteiger partial charge in [0.2, 0.25) is 0 Å². The molecule has 11 aromatic rings. The Labute approximate surface area is 317 Å².